The Hall–Kier alpha value is -4.15. The first-order valence-electron chi connectivity index (χ1n) is 11.3. The molecule has 3 atom stereocenters. The number of fused-ring (bicyclic) bond motifs is 3. The predicted octanol–water partition coefficient (Wildman–Crippen LogP) is 2.39. The Morgan fingerprint density at radius 3 is 2.44 bits per heavy atom. The van der Waals surface area contributed by atoms with Crippen LogP contribution in [0.2, 0.25) is 0 Å². The molecule has 0 bridgehead atoms. The van der Waals surface area contributed by atoms with Gasteiger partial charge < -0.3 is 38.6 Å². The number of methoxy groups -OCH3 is 2. The number of carbonyl (C=O) groups is 3. The number of phenols is 1. The maximum Gasteiger partial charge on any atom is 0.311 e. The molecule has 0 unspecified atom stereocenters. The summed E-state index contributed by atoms with van der Waals surface area (Å²) in [7, 11) is 2.82. The third-order valence-electron chi connectivity index (χ3n) is 6.76. The van der Waals surface area contributed by atoms with Crippen molar-refractivity contribution in [3.05, 3.63) is 34.9 Å². The van der Waals surface area contributed by atoms with Gasteiger partial charge in [0.15, 0.2) is 23.0 Å². The van der Waals surface area contributed by atoms with Crippen molar-refractivity contribution in [2.45, 2.75) is 25.2 Å². The number of rotatable bonds is 7. The van der Waals surface area contributed by atoms with Crippen LogP contribution in [0.25, 0.3) is 0 Å². The summed E-state index contributed by atoms with van der Waals surface area (Å²) in [6.45, 7) is 0.102. The fourth-order valence-electron chi connectivity index (χ4n) is 5.15. The van der Waals surface area contributed by atoms with Crippen molar-refractivity contribution in [3.8, 4) is 34.5 Å². The number of ether oxygens (including phenoxy) is 6. The minimum absolute atomic E-state index is 0.0850. The van der Waals surface area contributed by atoms with Gasteiger partial charge in [-0.25, -0.2) is 0 Å². The summed E-state index contributed by atoms with van der Waals surface area (Å²) in [5.41, 5.74) is 1.92. The van der Waals surface area contributed by atoms with E-state index in [1.54, 1.807) is 18.2 Å². The summed E-state index contributed by atoms with van der Waals surface area (Å²) in [4.78, 5) is 36.3. The van der Waals surface area contributed by atoms with Crippen LogP contribution < -0.4 is 23.7 Å². The van der Waals surface area contributed by atoms with Crippen molar-refractivity contribution in [1.29, 1.82) is 0 Å². The van der Waals surface area contributed by atoms with Crippen molar-refractivity contribution in [2.75, 3.05) is 27.6 Å². The molecular formula is C25H24O11. The number of aromatic hydroxyl groups is 1. The molecule has 0 aromatic heterocycles. The molecule has 2 aliphatic heterocycles. The number of hydrogen-bond acceptors (Lipinski definition) is 10. The lowest BCUT2D eigenvalue weighted by Gasteiger charge is -2.34. The van der Waals surface area contributed by atoms with E-state index in [0.29, 0.717) is 28.9 Å². The quantitative estimate of drug-likeness (QED) is 0.427. The lowest BCUT2D eigenvalue weighted by Crippen LogP contribution is -2.32. The largest absolute Gasteiger partial charge is 0.502 e. The molecular weight excluding hydrogens is 476 g/mol. The van der Waals surface area contributed by atoms with E-state index in [-0.39, 0.29) is 66.9 Å². The van der Waals surface area contributed by atoms with Gasteiger partial charge >= 0.3 is 17.9 Å². The molecule has 0 amide bonds. The smallest absolute Gasteiger partial charge is 0.311 e. The maximum absolute atomic E-state index is 12.9. The summed E-state index contributed by atoms with van der Waals surface area (Å²) in [5, 5.41) is 19.4. The van der Waals surface area contributed by atoms with Crippen molar-refractivity contribution in [3.63, 3.8) is 0 Å². The summed E-state index contributed by atoms with van der Waals surface area (Å²) < 4.78 is 32.9. The van der Waals surface area contributed by atoms with E-state index >= 15 is 0 Å². The Kier molecular flexibility index (Phi) is 5.99. The number of cyclic esters (lactones) is 1. The predicted molar refractivity (Wildman–Crippen MR) is 120 cm³/mol. The SMILES string of the molecule is COc1cc([C@@H]2c3cc4c(c(OC(=O)CCC(=O)O)c3C[C@H]3COC(=O)[C@@H]32)OCO4)cc(OC)c1O. The van der Waals surface area contributed by atoms with Gasteiger partial charge in [-0.3, -0.25) is 14.4 Å². The van der Waals surface area contributed by atoms with Crippen LogP contribution in [0, 0.1) is 11.8 Å². The lowest BCUT2D eigenvalue weighted by atomic mass is 9.67. The third-order valence-corrected chi connectivity index (χ3v) is 6.76. The fraction of sp³-hybridized carbons (Fsp3) is 0.400. The molecule has 3 aliphatic rings. The fourth-order valence-corrected chi connectivity index (χ4v) is 5.15. The van der Waals surface area contributed by atoms with Gasteiger partial charge in [0.2, 0.25) is 18.3 Å². The molecule has 0 spiro atoms. The number of benzene rings is 2. The van der Waals surface area contributed by atoms with Gasteiger partial charge in [0.25, 0.3) is 0 Å². The molecule has 1 saturated heterocycles. The number of phenolic OH excluding ortho intramolecular Hbond substituents is 1. The van der Waals surface area contributed by atoms with Gasteiger partial charge in [0.05, 0.1) is 39.6 Å². The first-order valence-corrected chi connectivity index (χ1v) is 11.3. The molecule has 1 fully saturated rings. The highest BCUT2D eigenvalue weighted by Crippen LogP contribution is 2.56. The van der Waals surface area contributed by atoms with Crippen LogP contribution in [-0.4, -0.2) is 55.7 Å². The van der Waals surface area contributed by atoms with E-state index < -0.39 is 23.8 Å². The number of carboxylic acid groups (broad SMARTS) is 1. The zero-order valence-corrected chi connectivity index (χ0v) is 19.6. The van der Waals surface area contributed by atoms with Gasteiger partial charge in [-0.05, 0) is 35.7 Å². The van der Waals surface area contributed by atoms with Gasteiger partial charge in [0.1, 0.15) is 0 Å². The molecule has 2 heterocycles. The standard InChI is InChI=1S/C25H24O11/c1-31-15-6-11(7-16(32-2)22(15)29)20-13-8-17-24(35-10-34-17)23(36-19(28)4-3-18(26)27)14(13)5-12-9-33-25(30)21(12)20/h6-8,12,20-21,29H,3-5,9-10H2,1-2H3,(H,26,27)/t12-,20+,21-/m0/s1. The second kappa shape index (κ2) is 9.14. The summed E-state index contributed by atoms with van der Waals surface area (Å²) in [6.07, 6.45) is -0.332. The summed E-state index contributed by atoms with van der Waals surface area (Å²) >= 11 is 0. The van der Waals surface area contributed by atoms with Gasteiger partial charge in [-0.2, -0.15) is 0 Å². The molecule has 5 rings (SSSR count). The lowest BCUT2D eigenvalue weighted by molar-refractivity contribution is -0.142. The van der Waals surface area contributed by atoms with E-state index in [1.165, 1.54) is 14.2 Å². The second-order valence-electron chi connectivity index (χ2n) is 8.75. The molecule has 2 N–H and O–H groups in total. The molecule has 0 saturated carbocycles. The van der Waals surface area contributed by atoms with Crippen molar-refractivity contribution in [2.24, 2.45) is 11.8 Å². The van der Waals surface area contributed by atoms with Crippen LogP contribution >= 0.6 is 0 Å². The van der Waals surface area contributed by atoms with Crippen molar-refractivity contribution in [1.82, 2.24) is 0 Å². The third kappa shape index (κ3) is 3.90. The van der Waals surface area contributed by atoms with Crippen LogP contribution in [0.1, 0.15) is 35.4 Å². The van der Waals surface area contributed by atoms with Crippen LogP contribution in [0.4, 0.5) is 0 Å². The number of aliphatic carboxylic acids is 1. The van der Waals surface area contributed by atoms with E-state index in [9.17, 15) is 19.5 Å². The van der Waals surface area contributed by atoms with Gasteiger partial charge in [-0.1, -0.05) is 0 Å². The van der Waals surface area contributed by atoms with Crippen LogP contribution in [0.5, 0.6) is 34.5 Å². The maximum atomic E-state index is 12.9. The first-order chi connectivity index (χ1) is 17.3. The Labute approximate surface area is 205 Å². The molecule has 11 nitrogen and oxygen atoms in total. The van der Waals surface area contributed by atoms with Crippen LogP contribution in [0.3, 0.4) is 0 Å². The van der Waals surface area contributed by atoms with E-state index in [2.05, 4.69) is 0 Å². The minimum atomic E-state index is -1.12. The average Bonchev–Trinajstić information content (AvgIpc) is 3.48. The van der Waals surface area contributed by atoms with Gasteiger partial charge in [0, 0.05) is 17.4 Å². The monoisotopic (exact) mass is 500 g/mol. The van der Waals surface area contributed by atoms with Crippen LogP contribution in [0.15, 0.2) is 18.2 Å². The highest BCUT2D eigenvalue weighted by molar-refractivity contribution is 5.82. The molecule has 2 aromatic carbocycles. The Morgan fingerprint density at radius 2 is 1.78 bits per heavy atom. The number of carboxylic acids is 1. The molecule has 190 valence electrons. The van der Waals surface area contributed by atoms with E-state index in [1.807, 2.05) is 0 Å². The topological polar surface area (TPSA) is 147 Å². The molecule has 0 radical (unpaired) electrons. The first kappa shape index (κ1) is 23.6. The average molecular weight is 500 g/mol. The second-order valence-corrected chi connectivity index (χ2v) is 8.75. The molecule has 1 aliphatic carbocycles. The highest BCUT2D eigenvalue weighted by Gasteiger charge is 2.49. The van der Waals surface area contributed by atoms with E-state index in [4.69, 9.17) is 33.5 Å². The number of hydrogen-bond donors (Lipinski definition) is 2. The van der Waals surface area contributed by atoms with E-state index in [0.717, 1.165) is 0 Å². The molecule has 36 heavy (non-hydrogen) atoms. The normalized spacial score (nSPS) is 21.3. The zero-order valence-electron chi connectivity index (χ0n) is 19.6. The highest BCUT2D eigenvalue weighted by atomic mass is 16.7. The number of esters is 2. The molecule has 2 aromatic rings. The minimum Gasteiger partial charge on any atom is -0.502 e. The number of carbonyl (C=O) groups excluding carboxylic acids is 2. The van der Waals surface area contributed by atoms with Crippen LogP contribution in [-0.2, 0) is 25.5 Å². The Bertz CT molecular complexity index is 1230. The Balaban J connectivity index is 1.67. The summed E-state index contributed by atoms with van der Waals surface area (Å²) in [6, 6.07) is 5.01. The van der Waals surface area contributed by atoms with Gasteiger partial charge in [-0.15, -0.1) is 0 Å². The summed E-state index contributed by atoms with van der Waals surface area (Å²) in [5.74, 6) is -2.66. The Morgan fingerprint density at radius 1 is 1.06 bits per heavy atom. The zero-order chi connectivity index (χ0) is 25.6. The molecule has 11 heteroatoms. The van der Waals surface area contributed by atoms with Crippen molar-refractivity contribution < 1.29 is 53.0 Å². The van der Waals surface area contributed by atoms with Crippen molar-refractivity contribution >= 4 is 17.9 Å².